The van der Waals surface area contributed by atoms with E-state index in [1.807, 2.05) is 18.2 Å². The van der Waals surface area contributed by atoms with Crippen LogP contribution in [0.1, 0.15) is 30.2 Å². The van der Waals surface area contributed by atoms with Gasteiger partial charge in [0.25, 0.3) is 0 Å². The van der Waals surface area contributed by atoms with E-state index >= 15 is 0 Å². The molecule has 1 N–H and O–H groups in total. The highest BCUT2D eigenvalue weighted by atomic mass is 32.2. The minimum Gasteiger partial charge on any atom is -0.387 e. The number of benzene rings is 2. The van der Waals surface area contributed by atoms with Crippen molar-refractivity contribution in [1.29, 1.82) is 0 Å². The SMILES string of the molecule is C[C@@H](c1ccccc1)N1CC1[C@H](O)c1ccc(S(C)(=O)=O)cc1. The molecule has 0 saturated carbocycles. The third-order valence-electron chi connectivity index (χ3n) is 4.48. The lowest BCUT2D eigenvalue weighted by Crippen LogP contribution is -2.14. The van der Waals surface area contributed by atoms with Crippen molar-refractivity contribution in [1.82, 2.24) is 4.90 Å². The second kappa shape index (κ2) is 6.07. The molecular formula is C18H21NO3S. The Hall–Kier alpha value is -1.69. The Bertz CT molecular complexity index is 772. The molecule has 0 radical (unpaired) electrons. The number of sulfone groups is 1. The van der Waals surface area contributed by atoms with E-state index in [0.717, 1.165) is 12.1 Å². The van der Waals surface area contributed by atoms with E-state index < -0.39 is 15.9 Å². The van der Waals surface area contributed by atoms with Gasteiger partial charge in [0, 0.05) is 18.8 Å². The molecule has 0 bridgehead atoms. The van der Waals surface area contributed by atoms with Crippen LogP contribution in [0.2, 0.25) is 0 Å². The molecule has 1 aliphatic rings. The van der Waals surface area contributed by atoms with Crippen molar-refractivity contribution in [2.45, 2.75) is 30.0 Å². The summed E-state index contributed by atoms with van der Waals surface area (Å²) in [5.74, 6) is 0. The third kappa shape index (κ3) is 3.47. The summed E-state index contributed by atoms with van der Waals surface area (Å²) < 4.78 is 23.0. The molecule has 1 fully saturated rings. The first-order chi connectivity index (χ1) is 10.9. The Balaban J connectivity index is 1.69. The first-order valence-electron chi connectivity index (χ1n) is 7.66. The molecule has 0 amide bonds. The first-order valence-corrected chi connectivity index (χ1v) is 9.56. The molecule has 2 aromatic carbocycles. The van der Waals surface area contributed by atoms with Gasteiger partial charge in [-0.25, -0.2) is 8.42 Å². The molecule has 0 aliphatic carbocycles. The van der Waals surface area contributed by atoms with Crippen molar-refractivity contribution in [2.75, 3.05) is 12.8 Å². The van der Waals surface area contributed by atoms with Crippen LogP contribution in [-0.4, -0.2) is 37.3 Å². The Kier molecular flexibility index (Phi) is 4.27. The third-order valence-corrected chi connectivity index (χ3v) is 5.61. The van der Waals surface area contributed by atoms with Gasteiger partial charge in [-0.2, -0.15) is 0 Å². The summed E-state index contributed by atoms with van der Waals surface area (Å²) in [6.45, 7) is 2.97. The normalized spacial score (nSPS) is 23.3. The van der Waals surface area contributed by atoms with Crippen LogP contribution in [0.15, 0.2) is 59.5 Å². The van der Waals surface area contributed by atoms with Gasteiger partial charge in [-0.15, -0.1) is 0 Å². The van der Waals surface area contributed by atoms with Gasteiger partial charge >= 0.3 is 0 Å². The zero-order chi connectivity index (χ0) is 16.6. The average molecular weight is 331 g/mol. The van der Waals surface area contributed by atoms with Gasteiger partial charge in [0.1, 0.15) is 0 Å². The molecule has 2 unspecified atom stereocenters. The highest BCUT2D eigenvalue weighted by Gasteiger charge is 2.43. The molecule has 122 valence electrons. The van der Waals surface area contributed by atoms with E-state index in [0.29, 0.717) is 0 Å². The van der Waals surface area contributed by atoms with Gasteiger partial charge in [-0.05, 0) is 30.2 Å². The first kappa shape index (κ1) is 16.2. The molecule has 3 rings (SSSR count). The number of nitrogens with zero attached hydrogens (tertiary/aromatic N) is 1. The predicted octanol–water partition coefficient (Wildman–Crippen LogP) is 2.57. The molecule has 0 spiro atoms. The van der Waals surface area contributed by atoms with E-state index in [4.69, 9.17) is 0 Å². The number of aliphatic hydroxyl groups is 1. The topological polar surface area (TPSA) is 57.4 Å². The molecule has 23 heavy (non-hydrogen) atoms. The average Bonchev–Trinajstić information content (AvgIpc) is 3.34. The monoisotopic (exact) mass is 331 g/mol. The summed E-state index contributed by atoms with van der Waals surface area (Å²) in [4.78, 5) is 2.52. The summed E-state index contributed by atoms with van der Waals surface area (Å²) in [5, 5.41) is 10.5. The Labute approximate surface area is 137 Å². The van der Waals surface area contributed by atoms with Gasteiger partial charge in [0.2, 0.25) is 0 Å². The van der Waals surface area contributed by atoms with Crippen LogP contribution < -0.4 is 0 Å². The quantitative estimate of drug-likeness (QED) is 0.856. The second-order valence-corrected chi connectivity index (χ2v) is 8.15. The summed E-state index contributed by atoms with van der Waals surface area (Å²) in [6, 6.07) is 17.1. The molecule has 1 heterocycles. The number of aliphatic hydroxyl groups excluding tert-OH is 1. The second-order valence-electron chi connectivity index (χ2n) is 6.14. The van der Waals surface area contributed by atoms with E-state index in [9.17, 15) is 13.5 Å². The van der Waals surface area contributed by atoms with Crippen LogP contribution in [-0.2, 0) is 9.84 Å². The minimum absolute atomic E-state index is 0.0780. The van der Waals surface area contributed by atoms with Crippen LogP contribution >= 0.6 is 0 Å². The standard InChI is InChI=1S/C18H21NO3S/c1-13(14-6-4-3-5-7-14)19-12-17(19)18(20)15-8-10-16(11-9-15)23(2,21)22/h3-11,13,17-18,20H,12H2,1-2H3/t13-,17?,18+,19?/m0/s1. The molecule has 5 heteroatoms. The fourth-order valence-electron chi connectivity index (χ4n) is 2.95. The summed E-state index contributed by atoms with van der Waals surface area (Å²) in [7, 11) is -3.20. The van der Waals surface area contributed by atoms with Crippen molar-refractivity contribution in [2.24, 2.45) is 0 Å². The lowest BCUT2D eigenvalue weighted by atomic mass is 10.1. The van der Waals surface area contributed by atoms with Gasteiger partial charge in [0.05, 0.1) is 17.0 Å². The Morgan fingerprint density at radius 3 is 2.22 bits per heavy atom. The number of hydrogen-bond acceptors (Lipinski definition) is 4. The molecule has 1 saturated heterocycles. The van der Waals surface area contributed by atoms with Crippen molar-refractivity contribution in [3.8, 4) is 0 Å². The zero-order valence-electron chi connectivity index (χ0n) is 13.3. The van der Waals surface area contributed by atoms with Crippen LogP contribution in [0.25, 0.3) is 0 Å². The Morgan fingerprint density at radius 2 is 1.65 bits per heavy atom. The molecule has 0 aromatic heterocycles. The van der Waals surface area contributed by atoms with Gasteiger partial charge < -0.3 is 5.11 Å². The van der Waals surface area contributed by atoms with Crippen LogP contribution in [0, 0.1) is 0 Å². The summed E-state index contributed by atoms with van der Waals surface area (Å²) in [6.07, 6.45) is 0.581. The van der Waals surface area contributed by atoms with Crippen LogP contribution in [0.4, 0.5) is 0 Å². The predicted molar refractivity (Wildman–Crippen MR) is 89.9 cm³/mol. The van der Waals surface area contributed by atoms with Gasteiger partial charge in [0.15, 0.2) is 9.84 Å². The van der Waals surface area contributed by atoms with Crippen molar-refractivity contribution in [3.05, 3.63) is 65.7 Å². The van der Waals surface area contributed by atoms with E-state index in [1.165, 1.54) is 11.8 Å². The van der Waals surface area contributed by atoms with E-state index in [1.54, 1.807) is 24.3 Å². The molecule has 4 atom stereocenters. The van der Waals surface area contributed by atoms with Crippen LogP contribution in [0.3, 0.4) is 0 Å². The van der Waals surface area contributed by atoms with Crippen molar-refractivity contribution >= 4 is 9.84 Å². The molecule has 2 aromatic rings. The fraction of sp³-hybridized carbons (Fsp3) is 0.333. The largest absolute Gasteiger partial charge is 0.387 e. The highest BCUT2D eigenvalue weighted by Crippen LogP contribution is 2.38. The van der Waals surface area contributed by atoms with Crippen molar-refractivity contribution in [3.63, 3.8) is 0 Å². The number of rotatable bonds is 5. The minimum atomic E-state index is -3.20. The smallest absolute Gasteiger partial charge is 0.175 e. The van der Waals surface area contributed by atoms with Crippen molar-refractivity contribution < 1.29 is 13.5 Å². The maximum atomic E-state index is 11.5. The van der Waals surface area contributed by atoms with E-state index in [-0.39, 0.29) is 17.0 Å². The lowest BCUT2D eigenvalue weighted by molar-refractivity contribution is 0.151. The van der Waals surface area contributed by atoms with Crippen LogP contribution in [0.5, 0.6) is 0 Å². The number of hydrogen-bond donors (Lipinski definition) is 1. The molecular weight excluding hydrogens is 310 g/mol. The maximum Gasteiger partial charge on any atom is 0.175 e. The molecule has 1 aliphatic heterocycles. The van der Waals surface area contributed by atoms with Gasteiger partial charge in [-0.3, -0.25) is 4.90 Å². The highest BCUT2D eigenvalue weighted by molar-refractivity contribution is 7.90. The zero-order valence-corrected chi connectivity index (χ0v) is 14.1. The Morgan fingerprint density at radius 1 is 1.04 bits per heavy atom. The fourth-order valence-corrected chi connectivity index (χ4v) is 3.58. The van der Waals surface area contributed by atoms with Gasteiger partial charge in [-0.1, -0.05) is 42.5 Å². The van der Waals surface area contributed by atoms with E-state index in [2.05, 4.69) is 24.0 Å². The summed E-state index contributed by atoms with van der Waals surface area (Å²) >= 11 is 0. The summed E-state index contributed by atoms with van der Waals surface area (Å²) in [5.41, 5.74) is 1.99. The lowest BCUT2D eigenvalue weighted by Gasteiger charge is -2.17. The maximum absolute atomic E-state index is 11.5. The molecule has 4 nitrogen and oxygen atoms in total.